The lowest BCUT2D eigenvalue weighted by Gasteiger charge is -2.09. The molecule has 7 heteroatoms. The maximum atomic E-state index is 13.2. The van der Waals surface area contributed by atoms with Crippen LogP contribution < -0.4 is 0 Å². The van der Waals surface area contributed by atoms with E-state index in [0.29, 0.717) is 5.56 Å². The first-order valence-corrected chi connectivity index (χ1v) is 10.4. The lowest BCUT2D eigenvalue weighted by molar-refractivity contribution is -0.147. The van der Waals surface area contributed by atoms with Crippen molar-refractivity contribution in [2.75, 3.05) is 6.61 Å². The van der Waals surface area contributed by atoms with Crippen LogP contribution in [0, 0.1) is 16.7 Å². The summed E-state index contributed by atoms with van der Waals surface area (Å²) in [7, 11) is -3.89. The summed E-state index contributed by atoms with van der Waals surface area (Å²) in [5, 5.41) is 8.62. The molecular weight excluding hydrogens is 418 g/mol. The van der Waals surface area contributed by atoms with Crippen molar-refractivity contribution in [1.82, 2.24) is 0 Å². The van der Waals surface area contributed by atoms with Crippen molar-refractivity contribution in [3.05, 3.63) is 64.6 Å². The second-order valence-electron chi connectivity index (χ2n) is 6.01. The highest BCUT2D eigenvalue weighted by atomic mass is 79.9. The molecule has 0 heterocycles. The van der Waals surface area contributed by atoms with Crippen LogP contribution in [-0.2, 0) is 19.4 Å². The minimum absolute atomic E-state index is 0.0768. The molecule has 1 aliphatic carbocycles. The van der Waals surface area contributed by atoms with Crippen molar-refractivity contribution in [1.29, 1.82) is 5.26 Å². The van der Waals surface area contributed by atoms with Crippen molar-refractivity contribution in [3.63, 3.8) is 0 Å². The molecule has 2 aromatic carbocycles. The number of nitriles is 1. The van der Waals surface area contributed by atoms with Gasteiger partial charge in [0.2, 0.25) is 0 Å². The molecule has 0 aromatic heterocycles. The van der Waals surface area contributed by atoms with Gasteiger partial charge >= 0.3 is 5.97 Å². The molecule has 3 atom stereocenters. The molecular formula is C19H16BrNO4S. The standard InChI is InChI=1S/C19H16BrNO4S/c1-2-25-18(22)19(12-21)16(13-8-10-14(20)11-9-13)17(19)26(23,24)15-6-4-3-5-7-15/h3-11,16-17H,2H2,1H3/t16-,17+,19+/m0/s1. The Hall–Kier alpha value is -2.17. The van der Waals surface area contributed by atoms with E-state index < -0.39 is 32.4 Å². The van der Waals surface area contributed by atoms with Crippen LogP contribution in [0.25, 0.3) is 0 Å². The van der Waals surface area contributed by atoms with Gasteiger partial charge in [0.25, 0.3) is 0 Å². The van der Waals surface area contributed by atoms with E-state index in [-0.39, 0.29) is 11.5 Å². The summed E-state index contributed by atoms with van der Waals surface area (Å²) >= 11 is 3.33. The first kappa shape index (κ1) is 18.6. The average molecular weight is 434 g/mol. The average Bonchev–Trinajstić information content (AvgIpc) is 3.35. The molecule has 0 radical (unpaired) electrons. The van der Waals surface area contributed by atoms with Crippen LogP contribution in [0.4, 0.5) is 0 Å². The smallest absolute Gasteiger partial charge is 0.328 e. The fourth-order valence-electron chi connectivity index (χ4n) is 3.32. The summed E-state index contributed by atoms with van der Waals surface area (Å²) in [4.78, 5) is 12.7. The number of sulfone groups is 1. The van der Waals surface area contributed by atoms with Crippen LogP contribution in [0.3, 0.4) is 0 Å². The van der Waals surface area contributed by atoms with Gasteiger partial charge in [0, 0.05) is 10.4 Å². The first-order valence-electron chi connectivity index (χ1n) is 8.02. The molecule has 0 bridgehead atoms. The molecule has 0 unspecified atom stereocenters. The number of esters is 1. The second kappa shape index (κ2) is 6.86. The van der Waals surface area contributed by atoms with Gasteiger partial charge in [-0.1, -0.05) is 46.3 Å². The monoisotopic (exact) mass is 433 g/mol. The summed E-state index contributed by atoms with van der Waals surface area (Å²) in [5.74, 6) is -1.57. The third-order valence-corrected chi connectivity index (χ3v) is 7.34. The minimum Gasteiger partial charge on any atom is -0.465 e. The zero-order valence-electron chi connectivity index (χ0n) is 13.9. The molecule has 1 fully saturated rings. The SMILES string of the molecule is CCOC(=O)[C@@]1(C#N)[C@H](S(=O)(=O)c2ccccc2)[C@@H]1c1ccc(Br)cc1. The van der Waals surface area contributed by atoms with Gasteiger partial charge in [0.15, 0.2) is 15.3 Å². The number of carbonyl (C=O) groups excluding carboxylic acids is 1. The van der Waals surface area contributed by atoms with Crippen molar-refractivity contribution in [3.8, 4) is 6.07 Å². The number of carbonyl (C=O) groups is 1. The summed E-state index contributed by atoms with van der Waals surface area (Å²) < 4.78 is 32.2. The van der Waals surface area contributed by atoms with Crippen LogP contribution in [0.1, 0.15) is 18.4 Å². The number of halogens is 1. The van der Waals surface area contributed by atoms with E-state index >= 15 is 0 Å². The van der Waals surface area contributed by atoms with E-state index in [9.17, 15) is 18.5 Å². The number of hydrogen-bond donors (Lipinski definition) is 0. The van der Waals surface area contributed by atoms with E-state index in [4.69, 9.17) is 4.74 Å². The Kier molecular flexibility index (Phi) is 4.91. The van der Waals surface area contributed by atoms with Gasteiger partial charge < -0.3 is 4.74 Å². The lowest BCUT2D eigenvalue weighted by Crippen LogP contribution is -2.25. The lowest BCUT2D eigenvalue weighted by atomic mass is 10.0. The van der Waals surface area contributed by atoms with Crippen LogP contribution in [-0.4, -0.2) is 26.2 Å². The number of hydrogen-bond acceptors (Lipinski definition) is 5. The molecule has 5 nitrogen and oxygen atoms in total. The van der Waals surface area contributed by atoms with Crippen molar-refractivity contribution < 1.29 is 17.9 Å². The molecule has 0 amide bonds. The molecule has 1 saturated carbocycles. The van der Waals surface area contributed by atoms with Gasteiger partial charge in [-0.15, -0.1) is 0 Å². The fourth-order valence-corrected chi connectivity index (χ4v) is 5.85. The van der Waals surface area contributed by atoms with E-state index in [1.165, 1.54) is 12.1 Å². The summed E-state index contributed by atoms with van der Waals surface area (Å²) in [6.07, 6.45) is 0. The van der Waals surface area contributed by atoms with E-state index in [0.717, 1.165) is 4.47 Å². The quantitative estimate of drug-likeness (QED) is 0.673. The first-order chi connectivity index (χ1) is 12.4. The number of benzene rings is 2. The van der Waals surface area contributed by atoms with Gasteiger partial charge in [-0.3, -0.25) is 4.79 Å². The van der Waals surface area contributed by atoms with Crippen molar-refractivity contribution in [2.45, 2.75) is 23.0 Å². The molecule has 0 spiro atoms. The Morgan fingerprint density at radius 1 is 1.19 bits per heavy atom. The van der Waals surface area contributed by atoms with Gasteiger partial charge in [-0.25, -0.2) is 8.42 Å². The van der Waals surface area contributed by atoms with Crippen LogP contribution in [0.5, 0.6) is 0 Å². The molecule has 0 saturated heterocycles. The minimum atomic E-state index is -3.89. The van der Waals surface area contributed by atoms with Crippen LogP contribution in [0.2, 0.25) is 0 Å². The topological polar surface area (TPSA) is 84.2 Å². The van der Waals surface area contributed by atoms with Crippen molar-refractivity contribution >= 4 is 31.7 Å². The maximum absolute atomic E-state index is 13.2. The molecule has 134 valence electrons. The largest absolute Gasteiger partial charge is 0.465 e. The number of nitrogens with zero attached hydrogens (tertiary/aromatic N) is 1. The Morgan fingerprint density at radius 2 is 1.81 bits per heavy atom. The molecule has 26 heavy (non-hydrogen) atoms. The number of ether oxygens (including phenoxy) is 1. The predicted molar refractivity (Wildman–Crippen MR) is 99.0 cm³/mol. The van der Waals surface area contributed by atoms with E-state index in [2.05, 4.69) is 15.9 Å². The highest BCUT2D eigenvalue weighted by Gasteiger charge is 2.77. The summed E-state index contributed by atoms with van der Waals surface area (Å²) in [5.41, 5.74) is -1.12. The highest BCUT2D eigenvalue weighted by Crippen LogP contribution is 2.64. The Balaban J connectivity index is 2.13. The fraction of sp³-hybridized carbons (Fsp3) is 0.263. The van der Waals surface area contributed by atoms with Crippen molar-refractivity contribution in [2.24, 2.45) is 5.41 Å². The van der Waals surface area contributed by atoms with Gasteiger partial charge in [-0.2, -0.15) is 5.26 Å². The summed E-state index contributed by atoms with van der Waals surface area (Å²) in [6, 6.07) is 16.8. The van der Waals surface area contributed by atoms with Gasteiger partial charge in [0.05, 0.1) is 17.6 Å². The molecule has 0 aliphatic heterocycles. The van der Waals surface area contributed by atoms with E-state index in [1.807, 2.05) is 6.07 Å². The third kappa shape index (κ3) is 2.83. The zero-order valence-corrected chi connectivity index (χ0v) is 16.3. The van der Waals surface area contributed by atoms with Crippen LogP contribution >= 0.6 is 15.9 Å². The normalized spacial score (nSPS) is 24.5. The third-order valence-electron chi connectivity index (χ3n) is 4.57. The summed E-state index contributed by atoms with van der Waals surface area (Å²) in [6.45, 7) is 1.70. The van der Waals surface area contributed by atoms with Gasteiger partial charge in [0.1, 0.15) is 5.25 Å². The Labute approximate surface area is 160 Å². The van der Waals surface area contributed by atoms with E-state index in [1.54, 1.807) is 49.4 Å². The molecule has 2 aromatic rings. The van der Waals surface area contributed by atoms with Gasteiger partial charge in [-0.05, 0) is 36.8 Å². The predicted octanol–water partition coefficient (Wildman–Crippen LogP) is 3.46. The second-order valence-corrected chi connectivity index (χ2v) is 8.99. The molecule has 0 N–H and O–H groups in total. The Bertz CT molecular complexity index is 967. The zero-order chi connectivity index (χ0) is 18.9. The highest BCUT2D eigenvalue weighted by molar-refractivity contribution is 9.10. The Morgan fingerprint density at radius 3 is 2.35 bits per heavy atom. The molecule has 3 rings (SSSR count). The van der Waals surface area contributed by atoms with Crippen LogP contribution in [0.15, 0.2) is 64.0 Å². The molecule has 1 aliphatic rings. The maximum Gasteiger partial charge on any atom is 0.328 e. The number of rotatable bonds is 5.